The third kappa shape index (κ3) is 3.15. The van der Waals surface area contributed by atoms with Crippen LogP contribution in [0.5, 0.6) is 5.75 Å². The Kier molecular flexibility index (Phi) is 5.06. The molecule has 1 aliphatic heterocycles. The molecule has 1 N–H and O–H groups in total. The number of aliphatic hydroxyl groups is 1. The summed E-state index contributed by atoms with van der Waals surface area (Å²) in [6, 6.07) is 8.15. The number of benzene rings is 1. The van der Waals surface area contributed by atoms with E-state index in [-0.39, 0.29) is 0 Å². The van der Waals surface area contributed by atoms with Gasteiger partial charge in [-0.2, -0.15) is 0 Å². The van der Waals surface area contributed by atoms with Crippen LogP contribution in [0, 0.1) is 0 Å². The lowest BCUT2D eigenvalue weighted by molar-refractivity contribution is -0.115. The minimum absolute atomic E-state index is 0.348. The van der Waals surface area contributed by atoms with Crippen LogP contribution in [0.15, 0.2) is 24.3 Å². The summed E-state index contributed by atoms with van der Waals surface area (Å²) in [4.78, 5) is 0. The molecule has 0 radical (unpaired) electrons. The topological polar surface area (TPSA) is 38.7 Å². The highest BCUT2D eigenvalue weighted by Gasteiger charge is 2.35. The normalized spacial score (nSPS) is 22.5. The first-order valence-electron chi connectivity index (χ1n) is 7.64. The fourth-order valence-electron chi connectivity index (χ4n) is 2.94. The number of rotatable bonds is 6. The average molecular weight is 278 g/mol. The van der Waals surface area contributed by atoms with E-state index < -0.39 is 11.7 Å². The van der Waals surface area contributed by atoms with Gasteiger partial charge in [-0.05, 0) is 50.7 Å². The average Bonchev–Trinajstić information content (AvgIpc) is 2.47. The first kappa shape index (κ1) is 15.3. The second-order valence-electron chi connectivity index (χ2n) is 5.72. The molecule has 3 unspecified atom stereocenters. The van der Waals surface area contributed by atoms with Gasteiger partial charge in [0.25, 0.3) is 0 Å². The molecule has 20 heavy (non-hydrogen) atoms. The lowest BCUT2D eigenvalue weighted by atomic mass is 9.82. The van der Waals surface area contributed by atoms with Crippen molar-refractivity contribution in [2.45, 2.75) is 57.7 Å². The number of hydrogen-bond acceptors (Lipinski definition) is 3. The summed E-state index contributed by atoms with van der Waals surface area (Å²) in [6.07, 6.45) is 2.04. The molecule has 0 spiro atoms. The summed E-state index contributed by atoms with van der Waals surface area (Å²) in [7, 11) is 0. The molecule has 0 aromatic heterocycles. The smallest absolute Gasteiger partial charge is 0.122 e. The predicted octanol–water partition coefficient (Wildman–Crippen LogP) is 3.51. The van der Waals surface area contributed by atoms with Gasteiger partial charge in [-0.25, -0.2) is 0 Å². The van der Waals surface area contributed by atoms with E-state index in [2.05, 4.69) is 13.0 Å². The molecular weight excluding hydrogens is 252 g/mol. The van der Waals surface area contributed by atoms with Gasteiger partial charge in [-0.15, -0.1) is 0 Å². The van der Waals surface area contributed by atoms with Crippen molar-refractivity contribution >= 4 is 0 Å². The summed E-state index contributed by atoms with van der Waals surface area (Å²) >= 11 is 0. The number of aliphatic hydroxyl groups excluding tert-OH is 1. The maximum Gasteiger partial charge on any atom is 0.122 e. The quantitative estimate of drug-likeness (QED) is 0.865. The van der Waals surface area contributed by atoms with Crippen molar-refractivity contribution in [1.82, 2.24) is 0 Å². The number of hydrogen-bond donors (Lipinski definition) is 1. The lowest BCUT2D eigenvalue weighted by Gasteiger charge is -2.36. The van der Waals surface area contributed by atoms with E-state index in [9.17, 15) is 5.11 Å². The summed E-state index contributed by atoms with van der Waals surface area (Å²) in [5.41, 5.74) is 0.759. The number of para-hydroxylation sites is 1. The predicted molar refractivity (Wildman–Crippen MR) is 80.2 cm³/mol. The first-order chi connectivity index (χ1) is 9.60. The van der Waals surface area contributed by atoms with E-state index >= 15 is 0 Å². The molecule has 0 saturated carbocycles. The second-order valence-corrected chi connectivity index (χ2v) is 5.72. The first-order valence-corrected chi connectivity index (χ1v) is 7.64. The molecule has 3 atom stereocenters. The van der Waals surface area contributed by atoms with Gasteiger partial charge in [0, 0.05) is 6.61 Å². The number of ether oxygens (including phenoxy) is 2. The van der Waals surface area contributed by atoms with E-state index in [0.29, 0.717) is 12.5 Å². The van der Waals surface area contributed by atoms with Crippen molar-refractivity contribution in [1.29, 1.82) is 0 Å². The Morgan fingerprint density at radius 1 is 1.40 bits per heavy atom. The van der Waals surface area contributed by atoms with Gasteiger partial charge in [-0.3, -0.25) is 0 Å². The number of fused-ring (bicyclic) bond motifs is 1. The molecule has 3 nitrogen and oxygen atoms in total. The molecule has 0 aliphatic carbocycles. The van der Waals surface area contributed by atoms with Crippen molar-refractivity contribution in [2.24, 2.45) is 0 Å². The Morgan fingerprint density at radius 3 is 2.85 bits per heavy atom. The van der Waals surface area contributed by atoms with Crippen LogP contribution in [-0.2, 0) is 4.74 Å². The molecule has 2 rings (SSSR count). The maximum absolute atomic E-state index is 10.6. The van der Waals surface area contributed by atoms with Gasteiger partial charge in [0.05, 0.1) is 18.3 Å². The van der Waals surface area contributed by atoms with Gasteiger partial charge < -0.3 is 14.6 Å². The molecule has 1 aliphatic rings. The van der Waals surface area contributed by atoms with Crippen LogP contribution in [0.25, 0.3) is 0 Å². The standard InChI is InChI=1S/C17H26O3/c1-4-17(3,20-5-2)16(18)12-13-10-11-19-15-9-7-6-8-14(13)15/h6-9,13,16,18H,4-5,10-12H2,1-3H3. The van der Waals surface area contributed by atoms with Gasteiger partial charge in [0.2, 0.25) is 0 Å². The lowest BCUT2D eigenvalue weighted by Crippen LogP contribution is -2.42. The molecule has 1 heterocycles. The Morgan fingerprint density at radius 2 is 2.15 bits per heavy atom. The minimum Gasteiger partial charge on any atom is -0.493 e. The van der Waals surface area contributed by atoms with Crippen LogP contribution >= 0.6 is 0 Å². The van der Waals surface area contributed by atoms with Crippen LogP contribution in [-0.4, -0.2) is 30.0 Å². The van der Waals surface area contributed by atoms with Crippen molar-refractivity contribution in [3.63, 3.8) is 0 Å². The van der Waals surface area contributed by atoms with E-state index in [0.717, 1.165) is 31.6 Å². The van der Waals surface area contributed by atoms with Crippen LogP contribution < -0.4 is 4.74 Å². The fourth-order valence-corrected chi connectivity index (χ4v) is 2.94. The zero-order valence-electron chi connectivity index (χ0n) is 12.8. The molecule has 1 aromatic rings. The van der Waals surface area contributed by atoms with E-state index in [1.54, 1.807) is 0 Å². The van der Waals surface area contributed by atoms with E-state index in [1.807, 2.05) is 32.0 Å². The van der Waals surface area contributed by atoms with Crippen molar-refractivity contribution in [3.8, 4) is 5.75 Å². The van der Waals surface area contributed by atoms with Crippen LogP contribution in [0.3, 0.4) is 0 Å². The SMILES string of the molecule is CCOC(C)(CC)C(O)CC1CCOc2ccccc21. The molecule has 112 valence electrons. The molecule has 3 heteroatoms. The third-order valence-electron chi connectivity index (χ3n) is 4.47. The van der Waals surface area contributed by atoms with Crippen LogP contribution in [0.1, 0.15) is 51.5 Å². The summed E-state index contributed by atoms with van der Waals surface area (Å²) in [5.74, 6) is 1.31. The highest BCUT2D eigenvalue weighted by molar-refractivity contribution is 5.37. The summed E-state index contributed by atoms with van der Waals surface area (Å²) in [6.45, 7) is 7.41. The highest BCUT2D eigenvalue weighted by Crippen LogP contribution is 2.38. The monoisotopic (exact) mass is 278 g/mol. The van der Waals surface area contributed by atoms with Gasteiger partial charge in [0.15, 0.2) is 0 Å². The van der Waals surface area contributed by atoms with Crippen LogP contribution in [0.2, 0.25) is 0 Å². The van der Waals surface area contributed by atoms with E-state index in [1.165, 1.54) is 5.56 Å². The largest absolute Gasteiger partial charge is 0.493 e. The Labute approximate surface area is 121 Å². The molecule has 0 bridgehead atoms. The van der Waals surface area contributed by atoms with Gasteiger partial charge >= 0.3 is 0 Å². The Hall–Kier alpha value is -1.06. The zero-order chi connectivity index (χ0) is 14.6. The fraction of sp³-hybridized carbons (Fsp3) is 0.647. The van der Waals surface area contributed by atoms with Crippen molar-refractivity contribution < 1.29 is 14.6 Å². The van der Waals surface area contributed by atoms with E-state index in [4.69, 9.17) is 9.47 Å². The Balaban J connectivity index is 2.11. The van der Waals surface area contributed by atoms with Gasteiger partial charge in [0.1, 0.15) is 5.75 Å². The second kappa shape index (κ2) is 6.59. The molecule has 0 saturated heterocycles. The molecule has 0 amide bonds. The van der Waals surface area contributed by atoms with Crippen LogP contribution in [0.4, 0.5) is 0 Å². The minimum atomic E-state index is -0.456. The summed E-state index contributed by atoms with van der Waals surface area (Å²) in [5, 5.41) is 10.6. The molecule has 1 aromatic carbocycles. The Bertz CT molecular complexity index is 432. The molecule has 0 fully saturated rings. The molecular formula is C17H26O3. The van der Waals surface area contributed by atoms with Crippen molar-refractivity contribution in [3.05, 3.63) is 29.8 Å². The zero-order valence-corrected chi connectivity index (χ0v) is 12.8. The third-order valence-corrected chi connectivity index (χ3v) is 4.47. The highest BCUT2D eigenvalue weighted by atomic mass is 16.5. The summed E-state index contributed by atoms with van der Waals surface area (Å²) < 4.78 is 11.5. The van der Waals surface area contributed by atoms with Gasteiger partial charge in [-0.1, -0.05) is 25.1 Å². The maximum atomic E-state index is 10.6. The van der Waals surface area contributed by atoms with Crippen molar-refractivity contribution in [2.75, 3.05) is 13.2 Å².